The lowest BCUT2D eigenvalue weighted by Gasteiger charge is -2.32. The Morgan fingerprint density at radius 1 is 1.11 bits per heavy atom. The van der Waals surface area contributed by atoms with Crippen LogP contribution in [0.5, 0.6) is 5.75 Å². The molecule has 0 aliphatic carbocycles. The van der Waals surface area contributed by atoms with Crippen molar-refractivity contribution in [2.45, 2.75) is 37.5 Å². The molecule has 1 amide bonds. The van der Waals surface area contributed by atoms with E-state index in [-0.39, 0.29) is 25.5 Å². The van der Waals surface area contributed by atoms with Gasteiger partial charge in [0.15, 0.2) is 11.6 Å². The lowest BCUT2D eigenvalue weighted by atomic mass is 9.80. The summed E-state index contributed by atoms with van der Waals surface area (Å²) in [4.78, 5) is 24.5. The third-order valence-electron chi connectivity index (χ3n) is 7.20. The van der Waals surface area contributed by atoms with Crippen LogP contribution in [0.1, 0.15) is 41.2 Å². The molecular weight excluding hydrogens is 626 g/mol. The van der Waals surface area contributed by atoms with Gasteiger partial charge < -0.3 is 19.5 Å². The first-order valence-electron chi connectivity index (χ1n) is 14.5. The molecule has 0 saturated heterocycles. The number of hydrazine groups is 1. The minimum atomic E-state index is -1.42. The van der Waals surface area contributed by atoms with E-state index in [4.69, 9.17) is 25.1 Å². The van der Waals surface area contributed by atoms with Crippen LogP contribution in [0.25, 0.3) is 10.4 Å². The highest BCUT2D eigenvalue weighted by Gasteiger charge is 2.54. The summed E-state index contributed by atoms with van der Waals surface area (Å²) >= 11 is 3.66. The first-order valence-corrected chi connectivity index (χ1v) is 15.3. The van der Waals surface area contributed by atoms with Crippen molar-refractivity contribution < 1.29 is 19.4 Å². The number of hydrogen-bond donors (Lipinski definition) is 3. The SMILES string of the molecule is CN(C)CCCNNC(=O)[C@@]1(Cc2ccccc2Br)N=C(c2ccc(OCCCO)cc2)O[C@H]1c1ccccc1CN=[N+]=[N-]. The second-order valence-electron chi connectivity index (χ2n) is 10.7. The summed E-state index contributed by atoms with van der Waals surface area (Å²) in [6, 6.07) is 22.5. The van der Waals surface area contributed by atoms with Gasteiger partial charge in [0.05, 0.1) is 13.2 Å². The fourth-order valence-electron chi connectivity index (χ4n) is 4.97. The maximum absolute atomic E-state index is 14.4. The van der Waals surface area contributed by atoms with Crippen LogP contribution in [0.2, 0.25) is 0 Å². The van der Waals surface area contributed by atoms with E-state index in [2.05, 4.69) is 41.7 Å². The first kappa shape index (κ1) is 33.0. The van der Waals surface area contributed by atoms with Gasteiger partial charge in [0.25, 0.3) is 5.91 Å². The van der Waals surface area contributed by atoms with Gasteiger partial charge in [-0.2, -0.15) is 0 Å². The van der Waals surface area contributed by atoms with E-state index in [1.54, 1.807) is 0 Å². The van der Waals surface area contributed by atoms with E-state index in [1.807, 2.05) is 86.9 Å². The van der Waals surface area contributed by atoms with Crippen LogP contribution in [0.15, 0.2) is 87.4 Å². The molecule has 11 nitrogen and oxygen atoms in total. The number of rotatable bonds is 16. The molecule has 0 radical (unpaired) electrons. The van der Waals surface area contributed by atoms with Gasteiger partial charge in [0.2, 0.25) is 5.90 Å². The Morgan fingerprint density at radius 3 is 2.55 bits per heavy atom. The van der Waals surface area contributed by atoms with Gasteiger partial charge in [-0.05, 0) is 79.6 Å². The van der Waals surface area contributed by atoms with E-state index in [9.17, 15) is 4.79 Å². The topological polar surface area (TPSA) is 144 Å². The lowest BCUT2D eigenvalue weighted by molar-refractivity contribution is -0.130. The second-order valence-corrected chi connectivity index (χ2v) is 11.5. The van der Waals surface area contributed by atoms with Gasteiger partial charge >= 0.3 is 0 Å². The quantitative estimate of drug-likeness (QED) is 0.0640. The van der Waals surface area contributed by atoms with Gasteiger partial charge in [0.1, 0.15) is 5.75 Å². The van der Waals surface area contributed by atoms with Crippen molar-refractivity contribution in [2.75, 3.05) is 40.4 Å². The summed E-state index contributed by atoms with van der Waals surface area (Å²) in [5.41, 5.74) is 16.6. The number of hydrogen-bond acceptors (Lipinski definition) is 8. The predicted molar refractivity (Wildman–Crippen MR) is 173 cm³/mol. The smallest absolute Gasteiger partial charge is 0.266 e. The number of aliphatic hydroxyl groups excluding tert-OH is 1. The third-order valence-corrected chi connectivity index (χ3v) is 7.97. The first-order chi connectivity index (χ1) is 21.4. The van der Waals surface area contributed by atoms with E-state index in [0.29, 0.717) is 42.3 Å². The maximum Gasteiger partial charge on any atom is 0.266 e. The molecule has 1 aliphatic heterocycles. The maximum atomic E-state index is 14.4. The highest BCUT2D eigenvalue weighted by molar-refractivity contribution is 9.10. The van der Waals surface area contributed by atoms with Gasteiger partial charge in [-0.15, -0.1) is 0 Å². The van der Waals surface area contributed by atoms with Crippen molar-refractivity contribution in [3.8, 4) is 5.75 Å². The number of halogens is 1. The van der Waals surface area contributed by atoms with Gasteiger partial charge in [-0.1, -0.05) is 63.5 Å². The van der Waals surface area contributed by atoms with E-state index in [1.165, 1.54) is 0 Å². The molecule has 0 saturated carbocycles. The highest BCUT2D eigenvalue weighted by Crippen LogP contribution is 2.44. The van der Waals surface area contributed by atoms with Crippen LogP contribution in [-0.2, 0) is 22.5 Å². The van der Waals surface area contributed by atoms with Crippen molar-refractivity contribution in [3.05, 3.63) is 110 Å². The fraction of sp³-hybridized carbons (Fsp3) is 0.375. The summed E-state index contributed by atoms with van der Waals surface area (Å²) in [7, 11) is 4.01. The van der Waals surface area contributed by atoms with Crippen LogP contribution in [0.4, 0.5) is 0 Å². The molecule has 0 bridgehead atoms. The number of nitrogens with one attached hydrogen (secondary N) is 2. The number of ether oxygens (including phenoxy) is 2. The highest BCUT2D eigenvalue weighted by atomic mass is 79.9. The van der Waals surface area contributed by atoms with Crippen LogP contribution >= 0.6 is 15.9 Å². The number of carbonyl (C=O) groups is 1. The molecule has 1 aliphatic rings. The minimum absolute atomic E-state index is 0.0530. The van der Waals surface area contributed by atoms with Crippen LogP contribution in [0, 0.1) is 0 Å². The minimum Gasteiger partial charge on any atom is -0.494 e. The van der Waals surface area contributed by atoms with Crippen LogP contribution in [-0.4, -0.2) is 67.7 Å². The average Bonchev–Trinajstić information content (AvgIpc) is 3.41. The summed E-state index contributed by atoms with van der Waals surface area (Å²) in [5, 5.41) is 12.9. The standard InChI is InChI=1S/C32H38BrN7O4/c1-40(2)18-7-17-35-38-31(42)32(21-24-9-4-6-12-28(24)33)29(27-11-5-3-10-25(27)22-36-39-34)44-30(37-32)23-13-15-26(16-14-23)43-20-8-19-41/h3-6,9-16,29,35,41H,7-8,17-22H2,1-2H3,(H,38,42)/t29-,32-/m0/s1. The lowest BCUT2D eigenvalue weighted by Crippen LogP contribution is -2.54. The Hall–Kier alpha value is -3.93. The van der Waals surface area contributed by atoms with Gasteiger partial charge in [0, 0.05) is 40.9 Å². The number of carbonyl (C=O) groups excluding carboxylic acids is 1. The fourth-order valence-corrected chi connectivity index (χ4v) is 5.39. The zero-order valence-electron chi connectivity index (χ0n) is 24.9. The van der Waals surface area contributed by atoms with Crippen LogP contribution in [0.3, 0.4) is 0 Å². The number of aliphatic imine (C=N–C) groups is 1. The number of amides is 1. The molecule has 0 aromatic heterocycles. The molecular formula is C32H38BrN7O4. The Bertz CT molecular complexity index is 1480. The monoisotopic (exact) mass is 663 g/mol. The molecule has 2 atom stereocenters. The number of aliphatic hydroxyl groups is 1. The van der Waals surface area contributed by atoms with Crippen molar-refractivity contribution in [1.29, 1.82) is 0 Å². The zero-order valence-corrected chi connectivity index (χ0v) is 26.5. The molecule has 4 rings (SSSR count). The second kappa shape index (κ2) is 16.2. The predicted octanol–water partition coefficient (Wildman–Crippen LogP) is 5.09. The Labute approximate surface area is 266 Å². The van der Waals surface area contributed by atoms with E-state index < -0.39 is 11.6 Å². The Balaban J connectivity index is 1.78. The van der Waals surface area contributed by atoms with Gasteiger partial charge in [-0.3, -0.25) is 10.2 Å². The van der Waals surface area contributed by atoms with Crippen molar-refractivity contribution in [2.24, 2.45) is 10.1 Å². The Kier molecular flexibility index (Phi) is 12.2. The molecule has 3 aromatic carbocycles. The third kappa shape index (κ3) is 8.37. The number of azide groups is 1. The summed E-state index contributed by atoms with van der Waals surface area (Å²) < 4.78 is 13.2. The zero-order chi connectivity index (χ0) is 31.4. The van der Waals surface area contributed by atoms with Crippen molar-refractivity contribution in [1.82, 2.24) is 15.8 Å². The molecule has 0 spiro atoms. The molecule has 0 fully saturated rings. The molecule has 1 heterocycles. The molecule has 3 N–H and O–H groups in total. The van der Waals surface area contributed by atoms with Crippen LogP contribution < -0.4 is 15.6 Å². The van der Waals surface area contributed by atoms with E-state index >= 15 is 0 Å². The summed E-state index contributed by atoms with van der Waals surface area (Å²) in [6.07, 6.45) is 0.760. The van der Waals surface area contributed by atoms with E-state index in [0.717, 1.165) is 28.6 Å². The molecule has 44 heavy (non-hydrogen) atoms. The van der Waals surface area contributed by atoms with Gasteiger partial charge in [-0.25, -0.2) is 10.4 Å². The summed E-state index contributed by atoms with van der Waals surface area (Å²) in [5.74, 6) is 0.613. The molecule has 0 unspecified atom stereocenters. The van der Waals surface area contributed by atoms with Crippen molar-refractivity contribution >= 4 is 27.7 Å². The Morgan fingerprint density at radius 2 is 1.84 bits per heavy atom. The molecule has 3 aromatic rings. The summed E-state index contributed by atoms with van der Waals surface area (Å²) in [6.45, 7) is 1.98. The number of nitrogens with zero attached hydrogens (tertiary/aromatic N) is 5. The largest absolute Gasteiger partial charge is 0.494 e. The average molecular weight is 665 g/mol. The molecule has 232 valence electrons. The number of benzene rings is 3. The molecule has 12 heteroatoms. The van der Waals surface area contributed by atoms with Crippen molar-refractivity contribution in [3.63, 3.8) is 0 Å². The normalized spacial score (nSPS) is 17.5.